The predicted molar refractivity (Wildman–Crippen MR) is 116 cm³/mol. The maximum absolute atomic E-state index is 11.3. The van der Waals surface area contributed by atoms with E-state index in [4.69, 9.17) is 9.47 Å². The molecule has 0 radical (unpaired) electrons. The summed E-state index contributed by atoms with van der Waals surface area (Å²) in [4.78, 5) is 11.3. The van der Waals surface area contributed by atoms with Gasteiger partial charge in [0.2, 0.25) is 6.29 Å². The van der Waals surface area contributed by atoms with Gasteiger partial charge in [-0.15, -0.1) is 0 Å². The quantitative estimate of drug-likeness (QED) is 0.458. The van der Waals surface area contributed by atoms with E-state index in [0.29, 0.717) is 17.4 Å². The van der Waals surface area contributed by atoms with E-state index in [0.717, 1.165) is 31.3 Å². The fraction of sp³-hybridized carbons (Fsp3) is 0.640. The molecule has 1 aliphatic carbocycles. The van der Waals surface area contributed by atoms with Gasteiger partial charge in [0.15, 0.2) is 6.29 Å². The van der Waals surface area contributed by atoms with E-state index in [1.807, 2.05) is 6.08 Å². The van der Waals surface area contributed by atoms with Crippen LogP contribution in [0.5, 0.6) is 0 Å². The van der Waals surface area contributed by atoms with Gasteiger partial charge in [-0.3, -0.25) is 0 Å². The van der Waals surface area contributed by atoms with E-state index >= 15 is 0 Å². The van der Waals surface area contributed by atoms with Crippen molar-refractivity contribution in [3.63, 3.8) is 0 Å². The number of carbonyl (C=O) groups excluding carboxylic acids is 1. The number of hydrogen-bond donors (Lipinski definition) is 2. The van der Waals surface area contributed by atoms with Gasteiger partial charge < -0.3 is 19.7 Å². The Balaban J connectivity index is 1.49. The van der Waals surface area contributed by atoms with Crippen molar-refractivity contribution >= 4 is 5.97 Å². The summed E-state index contributed by atoms with van der Waals surface area (Å²) < 4.78 is 10.3. The Labute approximate surface area is 180 Å². The molecular formula is C25H36O5. The van der Waals surface area contributed by atoms with Crippen molar-refractivity contribution in [1.82, 2.24) is 0 Å². The second-order valence-corrected chi connectivity index (χ2v) is 9.51. The maximum Gasteiger partial charge on any atom is 0.333 e. The molecule has 5 nitrogen and oxygen atoms in total. The van der Waals surface area contributed by atoms with Gasteiger partial charge in [-0.2, -0.15) is 0 Å². The van der Waals surface area contributed by atoms with Gasteiger partial charge in [0.05, 0.1) is 6.10 Å². The molecule has 5 heteroatoms. The number of allylic oxidation sites excluding steroid dienone is 4. The highest BCUT2D eigenvalue weighted by Gasteiger charge is 2.34. The van der Waals surface area contributed by atoms with Crippen molar-refractivity contribution in [2.45, 2.75) is 97.7 Å². The van der Waals surface area contributed by atoms with Crippen molar-refractivity contribution in [2.24, 2.45) is 5.41 Å². The van der Waals surface area contributed by atoms with Crippen LogP contribution in [0.3, 0.4) is 0 Å². The van der Waals surface area contributed by atoms with Gasteiger partial charge in [-0.1, -0.05) is 42.7 Å². The van der Waals surface area contributed by atoms with Crippen LogP contribution in [0, 0.1) is 5.41 Å². The smallest absolute Gasteiger partial charge is 0.333 e. The summed E-state index contributed by atoms with van der Waals surface area (Å²) in [7, 11) is 0. The molecule has 166 valence electrons. The van der Waals surface area contributed by atoms with Gasteiger partial charge in [0.25, 0.3) is 0 Å². The minimum Gasteiger partial charge on any atom is -0.429 e. The fourth-order valence-electron chi connectivity index (χ4n) is 4.91. The summed E-state index contributed by atoms with van der Waals surface area (Å²) >= 11 is 0. The molecule has 0 fully saturated rings. The minimum atomic E-state index is -1.27. The Bertz CT molecular complexity index is 783. The first-order valence-electron chi connectivity index (χ1n) is 11.1. The van der Waals surface area contributed by atoms with E-state index in [9.17, 15) is 15.0 Å². The SMILES string of the molecule is CC1=C(CC/C(C)=C/CCC2=CCC(C3=CC(=O)O[C@H]3O)OC2O)C(C)(C)CCC1. The van der Waals surface area contributed by atoms with Crippen LogP contribution in [0.15, 0.2) is 46.1 Å². The van der Waals surface area contributed by atoms with Gasteiger partial charge >= 0.3 is 5.97 Å². The number of rotatable bonds is 7. The molecule has 3 atom stereocenters. The lowest BCUT2D eigenvalue weighted by Gasteiger charge is -2.35. The first-order chi connectivity index (χ1) is 14.2. The first kappa shape index (κ1) is 23.0. The highest BCUT2D eigenvalue weighted by Crippen LogP contribution is 2.42. The Morgan fingerprint density at radius 3 is 2.67 bits per heavy atom. The summed E-state index contributed by atoms with van der Waals surface area (Å²) in [6.07, 6.45) is 10.8. The third-order valence-electron chi connectivity index (χ3n) is 6.75. The second kappa shape index (κ2) is 9.63. The Morgan fingerprint density at radius 2 is 2.03 bits per heavy atom. The molecular weight excluding hydrogens is 380 g/mol. The molecule has 2 aliphatic heterocycles. The standard InChI is InChI=1S/C25H36O5/c1-16(10-12-20-17(2)8-6-14-25(20,3)4)7-5-9-18-11-13-21(29-23(18)27)19-15-22(26)30-24(19)28/h7,11,15,21,23-24,27-28H,5-6,8-10,12-14H2,1-4H3/b16-7+/t21?,23?,24-/m1/s1. The third kappa shape index (κ3) is 5.51. The number of esters is 1. The average molecular weight is 417 g/mol. The van der Waals surface area contributed by atoms with Crippen LogP contribution in [-0.2, 0) is 14.3 Å². The molecule has 0 saturated heterocycles. The number of aliphatic hydroxyl groups is 2. The average Bonchev–Trinajstić information content (AvgIpc) is 3.00. The number of ether oxygens (including phenoxy) is 2. The highest BCUT2D eigenvalue weighted by molar-refractivity contribution is 5.85. The molecule has 0 aromatic heterocycles. The van der Waals surface area contributed by atoms with Crippen LogP contribution < -0.4 is 0 Å². The number of cyclic esters (lactones) is 1. The minimum absolute atomic E-state index is 0.325. The van der Waals surface area contributed by atoms with Crippen LogP contribution in [-0.4, -0.2) is 34.9 Å². The van der Waals surface area contributed by atoms with Crippen molar-refractivity contribution in [2.75, 3.05) is 0 Å². The van der Waals surface area contributed by atoms with E-state index in [1.165, 1.54) is 30.9 Å². The van der Waals surface area contributed by atoms with Gasteiger partial charge in [-0.25, -0.2) is 4.79 Å². The zero-order valence-electron chi connectivity index (χ0n) is 18.7. The summed E-state index contributed by atoms with van der Waals surface area (Å²) in [5.41, 5.74) is 6.15. The van der Waals surface area contributed by atoms with E-state index in [-0.39, 0.29) is 0 Å². The van der Waals surface area contributed by atoms with Crippen molar-refractivity contribution < 1.29 is 24.5 Å². The van der Waals surface area contributed by atoms with Crippen LogP contribution >= 0.6 is 0 Å². The van der Waals surface area contributed by atoms with E-state index in [1.54, 1.807) is 11.1 Å². The second-order valence-electron chi connectivity index (χ2n) is 9.51. The molecule has 3 aliphatic rings. The van der Waals surface area contributed by atoms with Crippen LogP contribution in [0.1, 0.15) is 79.1 Å². The Hall–Kier alpha value is -1.69. The Kier molecular flexibility index (Phi) is 7.38. The monoisotopic (exact) mass is 416 g/mol. The lowest BCUT2D eigenvalue weighted by Crippen LogP contribution is -2.32. The van der Waals surface area contributed by atoms with E-state index in [2.05, 4.69) is 33.8 Å². The molecule has 0 aromatic rings. The topological polar surface area (TPSA) is 76.0 Å². The summed E-state index contributed by atoms with van der Waals surface area (Å²) in [5, 5.41) is 20.1. The van der Waals surface area contributed by atoms with Gasteiger partial charge in [0.1, 0.15) is 0 Å². The predicted octanol–water partition coefficient (Wildman–Crippen LogP) is 4.86. The zero-order valence-corrected chi connectivity index (χ0v) is 18.7. The van der Waals surface area contributed by atoms with Crippen LogP contribution in [0.4, 0.5) is 0 Å². The molecule has 0 bridgehead atoms. The van der Waals surface area contributed by atoms with Crippen molar-refractivity contribution in [3.05, 3.63) is 46.1 Å². The summed E-state index contributed by atoms with van der Waals surface area (Å²) in [6.45, 7) is 9.23. The lowest BCUT2D eigenvalue weighted by atomic mass is 9.71. The molecule has 0 spiro atoms. The largest absolute Gasteiger partial charge is 0.429 e. The maximum atomic E-state index is 11.3. The number of aliphatic hydroxyl groups excluding tert-OH is 2. The number of hydrogen-bond acceptors (Lipinski definition) is 5. The molecule has 2 heterocycles. The lowest BCUT2D eigenvalue weighted by molar-refractivity contribution is -0.155. The van der Waals surface area contributed by atoms with Crippen molar-refractivity contribution in [3.8, 4) is 0 Å². The highest BCUT2D eigenvalue weighted by atomic mass is 16.6. The summed E-state index contributed by atoms with van der Waals surface area (Å²) in [5.74, 6) is -0.575. The van der Waals surface area contributed by atoms with Crippen LogP contribution in [0.25, 0.3) is 0 Å². The molecule has 0 aromatic carbocycles. The first-order valence-corrected chi connectivity index (χ1v) is 11.1. The summed E-state index contributed by atoms with van der Waals surface area (Å²) in [6, 6.07) is 0. The molecule has 30 heavy (non-hydrogen) atoms. The fourth-order valence-corrected chi connectivity index (χ4v) is 4.91. The molecule has 3 rings (SSSR count). The zero-order chi connectivity index (χ0) is 21.9. The molecule has 0 saturated carbocycles. The number of carbonyl (C=O) groups is 1. The Morgan fingerprint density at radius 1 is 1.27 bits per heavy atom. The third-order valence-corrected chi connectivity index (χ3v) is 6.75. The van der Waals surface area contributed by atoms with E-state index < -0.39 is 24.7 Å². The van der Waals surface area contributed by atoms with Gasteiger partial charge in [0, 0.05) is 11.6 Å². The molecule has 0 amide bonds. The van der Waals surface area contributed by atoms with Crippen LogP contribution in [0.2, 0.25) is 0 Å². The van der Waals surface area contributed by atoms with Crippen molar-refractivity contribution in [1.29, 1.82) is 0 Å². The van der Waals surface area contributed by atoms with Gasteiger partial charge in [-0.05, 0) is 76.2 Å². The normalized spacial score (nSPS) is 29.6. The molecule has 2 unspecified atom stereocenters. The molecule has 2 N–H and O–H groups in total.